The quantitative estimate of drug-likeness (QED) is 0.270. The molecule has 0 aliphatic rings. The molecule has 38 heavy (non-hydrogen) atoms. The fourth-order valence-electron chi connectivity index (χ4n) is 4.12. The van der Waals surface area contributed by atoms with Gasteiger partial charge in [-0.2, -0.15) is 0 Å². The third-order valence-electron chi connectivity index (χ3n) is 5.95. The molecule has 1 N–H and O–H groups in total. The second kappa shape index (κ2) is 9.77. The van der Waals surface area contributed by atoms with Crippen LogP contribution >= 0.6 is 0 Å². The largest absolute Gasteiger partial charge is 0.573 e. The van der Waals surface area contributed by atoms with E-state index in [1.807, 2.05) is 0 Å². The summed E-state index contributed by atoms with van der Waals surface area (Å²) in [6.07, 6.45) is -4.90. The van der Waals surface area contributed by atoms with Gasteiger partial charge in [-0.25, -0.2) is 4.79 Å². The van der Waals surface area contributed by atoms with Crippen molar-refractivity contribution < 1.29 is 42.1 Å². The average Bonchev–Trinajstić information content (AvgIpc) is 3.13. The highest BCUT2D eigenvalue weighted by Crippen LogP contribution is 2.36. The number of hydrogen-bond donors (Lipinski definition) is 1. The van der Waals surface area contributed by atoms with Crippen LogP contribution in [0.5, 0.6) is 17.2 Å². The summed E-state index contributed by atoms with van der Waals surface area (Å²) >= 11 is 0. The molecule has 0 radical (unpaired) electrons. The molecule has 0 atom stereocenters. The van der Waals surface area contributed by atoms with Gasteiger partial charge in [-0.15, -0.1) is 13.2 Å². The van der Waals surface area contributed by atoms with Crippen LogP contribution in [0.1, 0.15) is 35.5 Å². The maximum Gasteiger partial charge on any atom is 0.573 e. The number of fused-ring (bicyclic) bond motifs is 1. The van der Waals surface area contributed by atoms with E-state index in [2.05, 4.69) is 4.74 Å². The van der Waals surface area contributed by atoms with Crippen LogP contribution in [0.15, 0.2) is 66.7 Å². The van der Waals surface area contributed by atoms with Crippen LogP contribution in [-0.2, 0) is 4.79 Å². The van der Waals surface area contributed by atoms with Crippen LogP contribution in [0, 0.1) is 6.92 Å². The number of ketones is 1. The lowest BCUT2D eigenvalue weighted by Crippen LogP contribution is -2.37. The zero-order valence-corrected chi connectivity index (χ0v) is 20.9. The molecule has 0 fully saturated rings. The van der Waals surface area contributed by atoms with Gasteiger partial charge in [0.05, 0.1) is 18.2 Å². The highest BCUT2D eigenvalue weighted by molar-refractivity contribution is 6.18. The summed E-state index contributed by atoms with van der Waals surface area (Å²) in [4.78, 5) is 25.1. The summed E-state index contributed by atoms with van der Waals surface area (Å²) in [5, 5.41) is 9.83. The Hall–Kier alpha value is -4.47. The summed E-state index contributed by atoms with van der Waals surface area (Å²) in [6.45, 7) is 4.46. The highest BCUT2D eigenvalue weighted by Gasteiger charge is 2.32. The predicted molar refractivity (Wildman–Crippen MR) is 133 cm³/mol. The standard InChI is InChI=1S/C28H24F3NO6/c1-16-24(25(33)17-8-10-19(36-4)11-9-17)22-13-12-21(38-28(29,30)31)15-23(22)32(16)18-6-5-7-20(14-18)37-27(2,3)26(34)35/h5-15H,1-4H3,(H,34,35). The topological polar surface area (TPSA) is 87.0 Å². The van der Waals surface area contributed by atoms with Crippen molar-refractivity contribution in [1.29, 1.82) is 0 Å². The lowest BCUT2D eigenvalue weighted by atomic mass is 10.0. The lowest BCUT2D eigenvalue weighted by Gasteiger charge is -2.22. The minimum atomic E-state index is -4.90. The van der Waals surface area contributed by atoms with Crippen molar-refractivity contribution in [2.24, 2.45) is 0 Å². The van der Waals surface area contributed by atoms with Crippen molar-refractivity contribution in [2.45, 2.75) is 32.7 Å². The Balaban J connectivity index is 1.91. The Morgan fingerprint density at radius 2 is 1.50 bits per heavy atom. The molecular weight excluding hydrogens is 503 g/mol. The zero-order chi connectivity index (χ0) is 27.8. The first-order valence-electron chi connectivity index (χ1n) is 11.4. The van der Waals surface area contributed by atoms with Crippen LogP contribution in [0.2, 0.25) is 0 Å². The molecule has 198 valence electrons. The van der Waals surface area contributed by atoms with E-state index in [1.165, 1.54) is 33.1 Å². The molecule has 7 nitrogen and oxygen atoms in total. The van der Waals surface area contributed by atoms with E-state index in [9.17, 15) is 27.9 Å². The average molecular weight is 527 g/mol. The van der Waals surface area contributed by atoms with Gasteiger partial charge < -0.3 is 23.9 Å². The first-order chi connectivity index (χ1) is 17.8. The number of halogens is 3. The molecule has 1 aromatic heterocycles. The number of carbonyl (C=O) groups excluding carboxylic acids is 1. The lowest BCUT2D eigenvalue weighted by molar-refractivity contribution is -0.274. The Morgan fingerprint density at radius 3 is 2.11 bits per heavy atom. The van der Waals surface area contributed by atoms with Gasteiger partial charge in [0.25, 0.3) is 0 Å². The van der Waals surface area contributed by atoms with Crippen LogP contribution in [0.4, 0.5) is 13.2 Å². The number of methoxy groups -OCH3 is 1. The summed E-state index contributed by atoms with van der Waals surface area (Å²) in [5.41, 5.74) is 0.319. The van der Waals surface area contributed by atoms with Crippen molar-refractivity contribution in [3.8, 4) is 22.9 Å². The van der Waals surface area contributed by atoms with Crippen LogP contribution in [0.25, 0.3) is 16.6 Å². The molecular formula is C28H24F3NO6. The van der Waals surface area contributed by atoms with E-state index in [4.69, 9.17) is 9.47 Å². The second-order valence-electron chi connectivity index (χ2n) is 9.00. The Bertz CT molecular complexity index is 1520. The van der Waals surface area contributed by atoms with Crippen molar-refractivity contribution in [2.75, 3.05) is 7.11 Å². The van der Waals surface area contributed by atoms with Gasteiger partial charge in [-0.05, 0) is 69.3 Å². The van der Waals surface area contributed by atoms with Crippen LogP contribution < -0.4 is 14.2 Å². The molecule has 4 rings (SSSR count). The fraction of sp³-hybridized carbons (Fsp3) is 0.214. The first kappa shape index (κ1) is 26.6. The summed E-state index contributed by atoms with van der Waals surface area (Å²) in [6, 6.07) is 16.7. The summed E-state index contributed by atoms with van der Waals surface area (Å²) in [5.74, 6) is -1.17. The minimum Gasteiger partial charge on any atom is -0.497 e. The molecule has 0 saturated carbocycles. The van der Waals surface area contributed by atoms with E-state index in [0.717, 1.165) is 6.07 Å². The number of ether oxygens (including phenoxy) is 3. The van der Waals surface area contributed by atoms with E-state index in [1.54, 1.807) is 60.0 Å². The first-order valence-corrected chi connectivity index (χ1v) is 11.4. The number of rotatable bonds is 8. The molecule has 0 unspecified atom stereocenters. The van der Waals surface area contributed by atoms with Crippen molar-refractivity contribution in [3.05, 3.63) is 83.6 Å². The SMILES string of the molecule is COc1ccc(C(=O)c2c(C)n(-c3cccc(OC(C)(C)C(=O)O)c3)c3cc(OC(F)(F)F)ccc23)cc1. The molecule has 0 aliphatic carbocycles. The Kier molecular flexibility index (Phi) is 6.84. The zero-order valence-electron chi connectivity index (χ0n) is 20.9. The number of aromatic nitrogens is 1. The van der Waals surface area contributed by atoms with E-state index in [-0.39, 0.29) is 17.0 Å². The molecule has 0 saturated heterocycles. The van der Waals surface area contributed by atoms with Crippen LogP contribution in [0.3, 0.4) is 0 Å². The molecule has 3 aromatic carbocycles. The van der Waals surface area contributed by atoms with E-state index >= 15 is 0 Å². The second-order valence-corrected chi connectivity index (χ2v) is 9.00. The van der Waals surface area contributed by atoms with E-state index in [0.29, 0.717) is 33.6 Å². The maximum atomic E-state index is 13.6. The van der Waals surface area contributed by atoms with Crippen molar-refractivity contribution >= 4 is 22.7 Å². The number of benzene rings is 3. The molecule has 0 amide bonds. The van der Waals surface area contributed by atoms with Gasteiger partial charge in [0.15, 0.2) is 11.4 Å². The van der Waals surface area contributed by atoms with Gasteiger partial charge in [-0.3, -0.25) is 4.79 Å². The monoisotopic (exact) mass is 527 g/mol. The van der Waals surface area contributed by atoms with Gasteiger partial charge in [-0.1, -0.05) is 6.07 Å². The van der Waals surface area contributed by atoms with E-state index < -0.39 is 23.7 Å². The molecule has 10 heteroatoms. The normalized spacial score (nSPS) is 11.9. The molecule has 1 heterocycles. The van der Waals surface area contributed by atoms with Crippen molar-refractivity contribution in [1.82, 2.24) is 4.57 Å². The predicted octanol–water partition coefficient (Wildman–Crippen LogP) is 6.32. The Morgan fingerprint density at radius 1 is 0.868 bits per heavy atom. The number of hydrogen-bond acceptors (Lipinski definition) is 5. The number of carboxylic acids is 1. The number of aliphatic carboxylic acids is 1. The molecule has 0 spiro atoms. The summed E-state index contributed by atoms with van der Waals surface area (Å²) < 4.78 is 55.5. The van der Waals surface area contributed by atoms with Crippen molar-refractivity contribution in [3.63, 3.8) is 0 Å². The molecule has 0 bridgehead atoms. The van der Waals surface area contributed by atoms with Gasteiger partial charge in [0, 0.05) is 34.5 Å². The van der Waals surface area contributed by atoms with Crippen LogP contribution in [-0.4, -0.2) is 40.5 Å². The molecule has 4 aromatic rings. The number of carboxylic acid groups (broad SMARTS) is 1. The van der Waals surface area contributed by atoms with Gasteiger partial charge >= 0.3 is 12.3 Å². The smallest absolute Gasteiger partial charge is 0.497 e. The third kappa shape index (κ3) is 5.29. The third-order valence-corrected chi connectivity index (χ3v) is 5.95. The number of nitrogens with zero attached hydrogens (tertiary/aromatic N) is 1. The Labute approximate surface area is 216 Å². The highest BCUT2D eigenvalue weighted by atomic mass is 19.4. The minimum absolute atomic E-state index is 0.224. The molecule has 0 aliphatic heterocycles. The summed E-state index contributed by atoms with van der Waals surface area (Å²) in [7, 11) is 1.50. The number of carbonyl (C=O) groups is 2. The fourth-order valence-corrected chi connectivity index (χ4v) is 4.12. The van der Waals surface area contributed by atoms with Gasteiger partial charge in [0.2, 0.25) is 0 Å². The number of alkyl halides is 3. The van der Waals surface area contributed by atoms with Gasteiger partial charge in [0.1, 0.15) is 17.2 Å². The maximum absolute atomic E-state index is 13.6.